The minimum absolute atomic E-state index is 0.0811. The van der Waals surface area contributed by atoms with Crippen LogP contribution in [0.5, 0.6) is 0 Å². The monoisotopic (exact) mass is 373 g/mol. The number of rotatable bonds is 7. The van der Waals surface area contributed by atoms with Gasteiger partial charge in [0, 0.05) is 19.9 Å². The maximum absolute atomic E-state index is 13.7. The third kappa shape index (κ3) is 4.38. The third-order valence-corrected chi connectivity index (χ3v) is 5.66. The van der Waals surface area contributed by atoms with Crippen molar-refractivity contribution in [3.63, 3.8) is 0 Å². The van der Waals surface area contributed by atoms with Gasteiger partial charge in [-0.15, -0.1) is 0 Å². The highest BCUT2D eigenvalue weighted by Gasteiger charge is 2.43. The van der Waals surface area contributed by atoms with Gasteiger partial charge >= 0.3 is 0 Å². The summed E-state index contributed by atoms with van der Waals surface area (Å²) in [4.78, 5) is 13.1. The maximum Gasteiger partial charge on any atom is 0.235 e. The molecule has 146 valence electrons. The van der Waals surface area contributed by atoms with Crippen LogP contribution in [-0.4, -0.2) is 28.4 Å². The number of benzene rings is 1. The standard InChI is InChI=1S/C21H28FN3O2/c1-20(2,27-3)11-12-25-15-18(14-23-25)24-19(26)21(9-4-5-10-21)16-7-6-8-17(22)13-16/h6-8,13-15H,4-5,9-12H2,1-3H3,(H,24,26). The molecule has 1 aliphatic carbocycles. The molecule has 0 aliphatic heterocycles. The summed E-state index contributed by atoms with van der Waals surface area (Å²) in [6.07, 6.45) is 7.71. The van der Waals surface area contributed by atoms with Crippen LogP contribution in [0.3, 0.4) is 0 Å². The Kier molecular flexibility index (Phi) is 5.65. The Bertz CT molecular complexity index is 794. The number of hydrogen-bond acceptors (Lipinski definition) is 3. The van der Waals surface area contributed by atoms with E-state index in [0.29, 0.717) is 12.2 Å². The molecule has 0 bridgehead atoms. The van der Waals surface area contributed by atoms with E-state index in [1.54, 1.807) is 24.1 Å². The molecule has 1 heterocycles. The summed E-state index contributed by atoms with van der Waals surface area (Å²) in [5.74, 6) is -0.387. The van der Waals surface area contributed by atoms with Crippen LogP contribution >= 0.6 is 0 Å². The molecule has 1 aromatic heterocycles. The molecule has 3 rings (SSSR count). The van der Waals surface area contributed by atoms with E-state index >= 15 is 0 Å². The first-order valence-electron chi connectivity index (χ1n) is 9.50. The number of aryl methyl sites for hydroxylation is 1. The number of methoxy groups -OCH3 is 1. The van der Waals surface area contributed by atoms with Crippen molar-refractivity contribution in [3.8, 4) is 0 Å². The van der Waals surface area contributed by atoms with Crippen molar-refractivity contribution in [2.24, 2.45) is 0 Å². The molecule has 0 unspecified atom stereocenters. The average Bonchev–Trinajstić information content (AvgIpc) is 3.30. The van der Waals surface area contributed by atoms with Crippen molar-refractivity contribution in [2.75, 3.05) is 12.4 Å². The topological polar surface area (TPSA) is 56.1 Å². The number of hydrogen-bond donors (Lipinski definition) is 1. The Hall–Kier alpha value is -2.21. The van der Waals surface area contributed by atoms with Gasteiger partial charge in [-0.3, -0.25) is 9.48 Å². The minimum Gasteiger partial charge on any atom is -0.379 e. The van der Waals surface area contributed by atoms with Gasteiger partial charge in [-0.25, -0.2) is 4.39 Å². The van der Waals surface area contributed by atoms with Crippen LogP contribution in [0.4, 0.5) is 10.1 Å². The van der Waals surface area contributed by atoms with E-state index in [1.807, 2.05) is 26.1 Å². The van der Waals surface area contributed by atoms with E-state index in [2.05, 4.69) is 10.4 Å². The molecular weight excluding hydrogens is 345 g/mol. The number of nitrogens with zero attached hydrogens (tertiary/aromatic N) is 2. The molecule has 1 aromatic carbocycles. The Balaban J connectivity index is 1.72. The highest BCUT2D eigenvalue weighted by molar-refractivity contribution is 5.99. The van der Waals surface area contributed by atoms with Gasteiger partial charge in [0.2, 0.25) is 5.91 Å². The van der Waals surface area contributed by atoms with Gasteiger partial charge in [-0.05, 0) is 50.8 Å². The zero-order valence-corrected chi connectivity index (χ0v) is 16.3. The lowest BCUT2D eigenvalue weighted by Gasteiger charge is -2.28. The number of carbonyl (C=O) groups is 1. The SMILES string of the molecule is COC(C)(C)CCn1cc(NC(=O)C2(c3cccc(F)c3)CCCC2)cn1. The molecular formula is C21H28FN3O2. The molecule has 0 radical (unpaired) electrons. The second-order valence-electron chi connectivity index (χ2n) is 7.96. The molecule has 5 nitrogen and oxygen atoms in total. The zero-order valence-electron chi connectivity index (χ0n) is 16.3. The predicted octanol–water partition coefficient (Wildman–Crippen LogP) is 4.29. The average molecular weight is 373 g/mol. The van der Waals surface area contributed by atoms with Gasteiger partial charge in [-0.2, -0.15) is 5.10 Å². The molecule has 2 aromatic rings. The number of nitrogens with one attached hydrogen (secondary N) is 1. The first kappa shape index (κ1) is 19.5. The summed E-state index contributed by atoms with van der Waals surface area (Å²) >= 11 is 0. The van der Waals surface area contributed by atoms with Crippen molar-refractivity contribution in [1.82, 2.24) is 9.78 Å². The Morgan fingerprint density at radius 1 is 1.37 bits per heavy atom. The molecule has 1 N–H and O–H groups in total. The second kappa shape index (κ2) is 7.80. The van der Waals surface area contributed by atoms with Gasteiger partial charge in [0.05, 0.1) is 22.9 Å². The Morgan fingerprint density at radius 3 is 2.78 bits per heavy atom. The molecule has 1 fully saturated rings. The summed E-state index contributed by atoms with van der Waals surface area (Å²) in [6.45, 7) is 4.76. The van der Waals surface area contributed by atoms with E-state index in [-0.39, 0.29) is 17.3 Å². The number of amides is 1. The van der Waals surface area contributed by atoms with E-state index < -0.39 is 5.41 Å². The highest BCUT2D eigenvalue weighted by Crippen LogP contribution is 2.42. The van der Waals surface area contributed by atoms with Crippen LogP contribution < -0.4 is 5.32 Å². The molecule has 0 spiro atoms. The number of anilines is 1. The van der Waals surface area contributed by atoms with Crippen LogP contribution in [0.25, 0.3) is 0 Å². The van der Waals surface area contributed by atoms with Gasteiger partial charge in [0.25, 0.3) is 0 Å². The Morgan fingerprint density at radius 2 is 2.11 bits per heavy atom. The molecule has 0 saturated heterocycles. The van der Waals surface area contributed by atoms with Crippen molar-refractivity contribution in [1.29, 1.82) is 0 Å². The van der Waals surface area contributed by atoms with Crippen LogP contribution in [-0.2, 0) is 21.5 Å². The number of aromatic nitrogens is 2. The lowest BCUT2D eigenvalue weighted by molar-refractivity contribution is -0.121. The maximum atomic E-state index is 13.7. The summed E-state index contributed by atoms with van der Waals surface area (Å²) in [6, 6.07) is 6.43. The van der Waals surface area contributed by atoms with Crippen molar-refractivity contribution >= 4 is 11.6 Å². The van der Waals surface area contributed by atoms with Crippen molar-refractivity contribution in [2.45, 2.75) is 63.5 Å². The van der Waals surface area contributed by atoms with Crippen LogP contribution in [0.2, 0.25) is 0 Å². The normalized spacial score (nSPS) is 16.4. The fourth-order valence-electron chi connectivity index (χ4n) is 3.70. The van der Waals surface area contributed by atoms with Gasteiger partial charge in [-0.1, -0.05) is 25.0 Å². The molecule has 6 heteroatoms. The van der Waals surface area contributed by atoms with Crippen LogP contribution in [0, 0.1) is 5.82 Å². The summed E-state index contributed by atoms with van der Waals surface area (Å²) < 4.78 is 21.0. The number of halogens is 1. The second-order valence-corrected chi connectivity index (χ2v) is 7.96. The lowest BCUT2D eigenvalue weighted by Crippen LogP contribution is -2.38. The number of carbonyl (C=O) groups excluding carboxylic acids is 1. The lowest BCUT2D eigenvalue weighted by atomic mass is 9.78. The van der Waals surface area contributed by atoms with Crippen molar-refractivity contribution < 1.29 is 13.9 Å². The van der Waals surface area contributed by atoms with Gasteiger partial charge in [0.1, 0.15) is 5.82 Å². The molecule has 1 aliphatic rings. The predicted molar refractivity (Wildman–Crippen MR) is 103 cm³/mol. The Labute approximate surface area is 159 Å². The van der Waals surface area contributed by atoms with Crippen molar-refractivity contribution in [3.05, 3.63) is 48.0 Å². The van der Waals surface area contributed by atoms with Crippen LogP contribution in [0.1, 0.15) is 51.5 Å². The largest absolute Gasteiger partial charge is 0.379 e. The fourth-order valence-corrected chi connectivity index (χ4v) is 3.70. The third-order valence-electron chi connectivity index (χ3n) is 5.66. The summed E-state index contributed by atoms with van der Waals surface area (Å²) in [5.41, 5.74) is 0.535. The van der Waals surface area contributed by atoms with E-state index in [4.69, 9.17) is 4.74 Å². The van der Waals surface area contributed by atoms with Gasteiger partial charge in [0.15, 0.2) is 0 Å². The van der Waals surface area contributed by atoms with E-state index in [9.17, 15) is 9.18 Å². The molecule has 1 amide bonds. The zero-order chi connectivity index (χ0) is 19.5. The fraction of sp³-hybridized carbons (Fsp3) is 0.524. The smallest absolute Gasteiger partial charge is 0.235 e. The molecule has 27 heavy (non-hydrogen) atoms. The van der Waals surface area contributed by atoms with E-state index in [1.165, 1.54) is 12.1 Å². The quantitative estimate of drug-likeness (QED) is 0.788. The molecule has 1 saturated carbocycles. The summed E-state index contributed by atoms with van der Waals surface area (Å²) in [7, 11) is 1.70. The first-order chi connectivity index (χ1) is 12.8. The van der Waals surface area contributed by atoms with Crippen LogP contribution in [0.15, 0.2) is 36.7 Å². The molecule has 0 atom stereocenters. The highest BCUT2D eigenvalue weighted by atomic mass is 19.1. The number of ether oxygens (including phenoxy) is 1. The van der Waals surface area contributed by atoms with Gasteiger partial charge < -0.3 is 10.1 Å². The first-order valence-corrected chi connectivity index (χ1v) is 9.50. The minimum atomic E-state index is -0.664. The summed E-state index contributed by atoms with van der Waals surface area (Å²) in [5, 5.41) is 7.33. The van der Waals surface area contributed by atoms with E-state index in [0.717, 1.165) is 37.7 Å².